The van der Waals surface area contributed by atoms with Gasteiger partial charge in [0.25, 0.3) is 16.3 Å². The van der Waals surface area contributed by atoms with Crippen LogP contribution in [-0.2, 0) is 71.9 Å². The van der Waals surface area contributed by atoms with Gasteiger partial charge >= 0.3 is 57.3 Å². The molecule has 4 heterocycles. The van der Waals surface area contributed by atoms with Gasteiger partial charge < -0.3 is 65.5 Å². The fraction of sp³-hybridized carbons (Fsp3) is 0.824. The molecule has 12 unspecified atom stereocenters. The Labute approximate surface area is 853 Å². The summed E-state index contributed by atoms with van der Waals surface area (Å²) in [6.45, 7) is 41.3. The number of ketones is 1. The molecule has 4 aliphatic heterocycles. The largest absolute Gasteiger partial charge is 1.00 e. The smallest absolute Gasteiger partial charge is 0.850 e. The van der Waals surface area contributed by atoms with E-state index in [0.29, 0.717) is 71.4 Å². The molecule has 6 amide bonds. The molecular weight excluding hydrogens is 1820 g/mol. The normalized spacial score (nSPS) is 39.7. The molecule has 0 aromatic heterocycles. The molecule has 28 aliphatic rings. The number of thioether (sulfide) groups is 4. The number of benzene rings is 1. The van der Waals surface area contributed by atoms with Crippen LogP contribution in [-0.4, -0.2) is 186 Å². The van der Waals surface area contributed by atoms with Gasteiger partial charge in [0.2, 0.25) is 41.5 Å². The molecule has 133 heavy (non-hydrogen) atoms. The number of nitrogens with zero attached hydrogens (tertiary/aromatic N) is 2. The molecule has 31 heteroatoms. The summed E-state index contributed by atoms with van der Waals surface area (Å²) in [5, 5.41) is 29.4. The van der Waals surface area contributed by atoms with Crippen molar-refractivity contribution in [2.24, 2.45) is 107 Å². The maximum Gasteiger partial charge on any atom is 1.00 e. The maximum absolute atomic E-state index is 11.9. The van der Waals surface area contributed by atoms with Crippen molar-refractivity contribution in [3.8, 4) is 0 Å². The Kier molecular flexibility index (Phi) is 34.0. The third-order valence-electron chi connectivity index (χ3n) is 33.8. The summed E-state index contributed by atoms with van der Waals surface area (Å²) in [5.74, 6) is 16.0. The molecular formula is C102H153KN8O16S5Si. The zero-order valence-electron chi connectivity index (χ0n) is 82.0. The molecule has 24 saturated carbocycles. The van der Waals surface area contributed by atoms with Gasteiger partial charge in [0.15, 0.2) is 11.6 Å². The number of hydrogen-bond acceptors (Lipinski definition) is 20. The molecule has 24 bridgehead atoms. The number of carbonyl (C=O) groups is 8. The van der Waals surface area contributed by atoms with E-state index in [4.69, 9.17) is 36.8 Å². The van der Waals surface area contributed by atoms with E-state index in [9.17, 15) is 51.9 Å². The van der Waals surface area contributed by atoms with Crippen molar-refractivity contribution in [3.05, 3.63) is 62.5 Å². The Morgan fingerprint density at radius 3 is 1.12 bits per heavy atom. The number of rotatable bonds is 11. The first kappa shape index (κ1) is 106. The van der Waals surface area contributed by atoms with Gasteiger partial charge in [0, 0.05) is 131 Å². The fourth-order valence-corrected chi connectivity index (χ4v) is 42.4. The average Bonchev–Trinajstić information content (AvgIpc) is 1.69. The van der Waals surface area contributed by atoms with E-state index < -0.39 is 29.4 Å². The first-order chi connectivity index (χ1) is 62.4. The zero-order valence-corrected chi connectivity index (χ0v) is 90.2. The summed E-state index contributed by atoms with van der Waals surface area (Å²) in [5.41, 5.74) is 2.34. The van der Waals surface area contributed by atoms with E-state index in [2.05, 4.69) is 108 Å². The van der Waals surface area contributed by atoms with Crippen LogP contribution < -0.4 is 88.4 Å². The minimum absolute atomic E-state index is 0. The van der Waals surface area contributed by atoms with Gasteiger partial charge in [-0.3, -0.25) is 43.2 Å². The Morgan fingerprint density at radius 1 is 0.481 bits per heavy atom. The molecule has 12 atom stereocenters. The summed E-state index contributed by atoms with van der Waals surface area (Å²) in [4.78, 5) is 97.7. The van der Waals surface area contributed by atoms with Crippen molar-refractivity contribution in [3.63, 3.8) is 0 Å². The van der Waals surface area contributed by atoms with E-state index in [0.717, 1.165) is 194 Å². The predicted octanol–water partition coefficient (Wildman–Crippen LogP) is 13.0. The molecule has 4 saturated heterocycles. The first-order valence-corrected chi connectivity index (χ1v) is 59.5. The van der Waals surface area contributed by atoms with Crippen LogP contribution in [0.25, 0.3) is 9.69 Å². The molecule has 732 valence electrons. The second-order valence-electron chi connectivity index (χ2n) is 47.1. The van der Waals surface area contributed by atoms with Crippen LogP contribution in [0, 0.1) is 127 Å². The topological polar surface area (TPSA) is 321 Å². The third kappa shape index (κ3) is 24.7. The van der Waals surface area contributed by atoms with Crippen molar-refractivity contribution < 1.29 is 127 Å². The van der Waals surface area contributed by atoms with E-state index >= 15 is 0 Å². The second-order valence-corrected chi connectivity index (χ2v) is 60.4. The Hall–Kier alpha value is -3.10. The molecule has 24 aliphatic carbocycles. The molecule has 28 fully saturated rings. The number of nitrogens with one attached hydrogen (secondary N) is 6. The van der Waals surface area contributed by atoms with E-state index in [1.165, 1.54) is 119 Å². The summed E-state index contributed by atoms with van der Waals surface area (Å²) in [7, 11) is -4.21. The zero-order chi connectivity index (χ0) is 94.5. The van der Waals surface area contributed by atoms with Crippen molar-refractivity contribution in [1.82, 2.24) is 31.9 Å². The van der Waals surface area contributed by atoms with Gasteiger partial charge in [0.05, 0.1) is 39.4 Å². The summed E-state index contributed by atoms with van der Waals surface area (Å²) in [6.07, 6.45) is 36.9. The van der Waals surface area contributed by atoms with Crippen molar-refractivity contribution in [1.29, 1.82) is 0 Å². The molecule has 29 rings (SSSR count). The third-order valence-corrected chi connectivity index (χ3v) is 47.0. The van der Waals surface area contributed by atoms with Crippen LogP contribution in [0.3, 0.4) is 0 Å². The predicted molar refractivity (Wildman–Crippen MR) is 519 cm³/mol. The number of sulfone groups is 1. The quantitative estimate of drug-likeness (QED) is 0.0681. The first-order valence-electron chi connectivity index (χ1n) is 50.2. The van der Waals surface area contributed by atoms with E-state index in [1.54, 1.807) is 84.3 Å². The molecule has 2 spiro atoms. The minimum atomic E-state index is -3.38. The number of aryl methyl sites for hydroxylation is 1. The number of amides is 6. The minimum Gasteiger partial charge on any atom is -0.850 e. The van der Waals surface area contributed by atoms with Crippen LogP contribution in [0.1, 0.15) is 273 Å². The molecule has 6 N–H and O–H groups in total. The van der Waals surface area contributed by atoms with Crippen molar-refractivity contribution >= 4 is 113 Å². The van der Waals surface area contributed by atoms with Crippen molar-refractivity contribution in [2.75, 3.05) is 55.3 Å². The molecule has 1 aromatic rings. The van der Waals surface area contributed by atoms with Crippen LogP contribution in [0.15, 0.2) is 39.0 Å². The number of carbonyl (C=O) groups excluding carboxylic acids is 8. The number of Topliss-reactive ketones (excluding diaryl/α,β-unsaturated/α-hetero) is 1. The van der Waals surface area contributed by atoms with Crippen LogP contribution in [0.5, 0.6) is 0 Å². The monoisotopic (exact) mass is 1970 g/mol. The fourth-order valence-electron chi connectivity index (χ4n) is 31.7. The molecule has 0 radical (unpaired) electrons. The van der Waals surface area contributed by atoms with Gasteiger partial charge in [-0.2, -0.15) is 23.5 Å². The Balaban J connectivity index is 0.000000122. The van der Waals surface area contributed by atoms with Gasteiger partial charge in [-0.15, -0.1) is 29.1 Å². The van der Waals surface area contributed by atoms with Gasteiger partial charge in [-0.1, -0.05) is 58.1 Å². The van der Waals surface area contributed by atoms with E-state index in [-0.39, 0.29) is 161 Å². The summed E-state index contributed by atoms with van der Waals surface area (Å²) in [6, 6.07) is 6.73. The van der Waals surface area contributed by atoms with E-state index in [1.807, 2.05) is 6.92 Å². The Bertz CT molecular complexity index is 4420. The van der Waals surface area contributed by atoms with Gasteiger partial charge in [-0.25, -0.2) is 21.6 Å². The standard InChI is InChI=1S/C16H23NOS2.2C14H21NO3.C13H18N2O.C13H19NO3.C12H17NO2.C9H9NO2S.C7H16S2Si.C4H9O.K/c1-10(18)17-16-7-11-5-12(8-16)14(13(6-11)9-16)15-19-3-2-4-20-15;2*1-9(16)15-13-6-10-4-11(7-13)14(12(5-10)8-13)17-2-3-18-14;1-8(16)15-13-5-9-3-10(6-13)12(14-2)11(4-9)7-13;1-8(16)14-13-4-9-2-10(5-13)12(17-7-15)11(3-9)6-13;1-7(14)13-12-4-8-2-9(5-12)11(15)10(3-8)6-12;1-8-3-5-9(6-4-8)13(11,12)7-10-2;1-10(2,3)7-8-5-4-6-9-7;1-4(2,3)5;/h11-13H,2-9H2,1H3,(H,17,18);2*10-12H,2-8H2,1H3,(H,15,16);9-12H,3-7H2,1H3,(H,15,16);7,9-12H,2-6H2,1H3,(H,14,16);8-10H,2-6H2,1H3,(H,13,14);3-6H,7H2,1H3;7H,4-6H2,1-3H3;1-3H3;/q;;;;;;;;-1;+1. The Morgan fingerprint density at radius 2 is 0.789 bits per heavy atom. The van der Waals surface area contributed by atoms with Crippen LogP contribution in [0.4, 0.5) is 0 Å². The molecule has 24 nitrogen and oxygen atoms in total. The molecule has 1 aromatic carbocycles. The number of ether oxygens (including phenoxy) is 5. The summed E-state index contributed by atoms with van der Waals surface area (Å²) < 4.78 is 54.7. The SMILES string of the molecule is CC(=O)NC12CC3CC(C1)C(=C1SCCCS1)C(C3)C2.CC(=O)NC12CC3CC(C1)C(=O)C(C3)C2.CC(=O)NC12CC3CC(C1)C(OC=O)C(C3)C2.CC(=O)NC12CC3CC(C1)C1(OCCO1)C(C3)C2.CC(=O)NC12CC3CC(C1)C1(OCCO1)C(C3)C2.CC(C)(C)[O-].C[Si](C)(C)C1SCCCS1.[C-]#[N+]C1C2CC3CC1CC(NC(C)=O)(C3)C2.[C-]#[N+]CS(=O)(=O)c1ccc(C)cc1.[K+]. The second kappa shape index (κ2) is 42.8. The maximum atomic E-state index is 11.9. The van der Waals surface area contributed by atoms with Gasteiger partial charge in [0.1, 0.15) is 11.9 Å². The number of allylic oxidation sites excluding steroid dienone is 1. The van der Waals surface area contributed by atoms with Crippen LogP contribution >= 0.6 is 47.0 Å². The van der Waals surface area contributed by atoms with Crippen molar-refractivity contribution in [2.45, 2.75) is 366 Å². The number of hydrogen-bond donors (Lipinski definition) is 6. The summed E-state index contributed by atoms with van der Waals surface area (Å²) >= 11 is 8.61. The average molecular weight is 1970 g/mol. The van der Waals surface area contributed by atoms with Crippen LogP contribution in [0.2, 0.25) is 19.6 Å². The van der Waals surface area contributed by atoms with Gasteiger partial charge in [-0.05, 0) is 312 Å².